The van der Waals surface area contributed by atoms with Crippen molar-refractivity contribution in [2.45, 2.75) is 19.1 Å². The molecule has 0 spiro atoms. The highest BCUT2D eigenvalue weighted by Gasteiger charge is 2.29. The lowest BCUT2D eigenvalue weighted by atomic mass is 10.0. The highest BCUT2D eigenvalue weighted by atomic mass is 31.1. The minimum absolute atomic E-state index is 0.220. The fourth-order valence-corrected chi connectivity index (χ4v) is 7.10. The predicted molar refractivity (Wildman–Crippen MR) is 163 cm³/mol. The number of amides is 1. The summed E-state index contributed by atoms with van der Waals surface area (Å²) in [7, 11) is -1.01. The molecule has 1 amide bonds. The summed E-state index contributed by atoms with van der Waals surface area (Å²) in [5.41, 5.74) is 1.88. The predicted octanol–water partition coefficient (Wildman–Crippen LogP) is 6.16. The van der Waals surface area contributed by atoms with E-state index in [0.29, 0.717) is 11.1 Å². The van der Waals surface area contributed by atoms with Gasteiger partial charge < -0.3 is 10.1 Å². The zero-order valence-electron chi connectivity index (χ0n) is 22.2. The molecular weight excluding hydrogens is 513 g/mol. The van der Waals surface area contributed by atoms with E-state index in [1.54, 1.807) is 12.1 Å². The molecule has 0 aromatic heterocycles. The molecule has 0 aliphatic carbocycles. The molecule has 198 valence electrons. The Bertz CT molecular complexity index is 1500. The van der Waals surface area contributed by atoms with E-state index in [2.05, 4.69) is 29.6 Å². The third kappa shape index (κ3) is 6.36. The standard InChI is InChI=1S/C35H30NO3P/c1-26(36-34(37)28-18-8-3-9-19-28)33(27-16-6-2-7-17-27)39-35(38)31-24-14-15-25-32(31)40(29-20-10-4-11-21-29)30-22-12-5-13-23-30/h2-26,33H,1H3,(H,36,37)/t26-,33-/m0/s1. The number of carbonyl (C=O) groups is 2. The van der Waals surface area contributed by atoms with E-state index in [4.69, 9.17) is 4.74 Å². The van der Waals surface area contributed by atoms with Crippen LogP contribution in [0, 0.1) is 0 Å². The van der Waals surface area contributed by atoms with E-state index < -0.39 is 26.0 Å². The maximum Gasteiger partial charge on any atom is 0.339 e. The van der Waals surface area contributed by atoms with E-state index in [-0.39, 0.29) is 5.91 Å². The molecule has 0 heterocycles. The van der Waals surface area contributed by atoms with Gasteiger partial charge in [0.1, 0.15) is 6.10 Å². The van der Waals surface area contributed by atoms with Crippen LogP contribution in [0.1, 0.15) is 39.3 Å². The molecule has 40 heavy (non-hydrogen) atoms. The summed E-state index contributed by atoms with van der Waals surface area (Å²) in [6, 6.07) is 46.3. The molecule has 4 nitrogen and oxygen atoms in total. The first-order chi connectivity index (χ1) is 19.6. The molecule has 0 aliphatic rings. The molecule has 0 bridgehead atoms. The number of ether oxygens (including phenoxy) is 1. The molecule has 1 N–H and O–H groups in total. The minimum Gasteiger partial charge on any atom is -0.452 e. The van der Waals surface area contributed by atoms with Crippen molar-refractivity contribution in [1.82, 2.24) is 5.32 Å². The topological polar surface area (TPSA) is 55.4 Å². The molecule has 2 atom stereocenters. The lowest BCUT2D eigenvalue weighted by Gasteiger charge is -2.27. The van der Waals surface area contributed by atoms with Crippen LogP contribution >= 0.6 is 7.92 Å². The summed E-state index contributed by atoms with van der Waals surface area (Å²) in [5.74, 6) is -0.646. The Hall–Kier alpha value is -4.53. The van der Waals surface area contributed by atoms with Crippen LogP contribution in [0.25, 0.3) is 0 Å². The summed E-state index contributed by atoms with van der Waals surface area (Å²) < 4.78 is 6.24. The van der Waals surface area contributed by atoms with Gasteiger partial charge in [-0.3, -0.25) is 4.79 Å². The Balaban J connectivity index is 1.48. The smallest absolute Gasteiger partial charge is 0.339 e. The first-order valence-electron chi connectivity index (χ1n) is 13.2. The number of rotatable bonds is 9. The van der Waals surface area contributed by atoms with E-state index in [1.807, 2.05) is 116 Å². The molecule has 0 saturated heterocycles. The summed E-state index contributed by atoms with van der Waals surface area (Å²) in [4.78, 5) is 26.9. The van der Waals surface area contributed by atoms with Gasteiger partial charge in [0.2, 0.25) is 0 Å². The van der Waals surface area contributed by atoms with E-state index >= 15 is 0 Å². The maximum absolute atomic E-state index is 14.0. The number of carbonyl (C=O) groups excluding carboxylic acids is 2. The van der Waals surface area contributed by atoms with Gasteiger partial charge in [-0.2, -0.15) is 0 Å². The van der Waals surface area contributed by atoms with E-state index in [9.17, 15) is 9.59 Å². The van der Waals surface area contributed by atoms with Crippen molar-refractivity contribution in [2.24, 2.45) is 0 Å². The molecule has 5 rings (SSSR count). The third-order valence-corrected chi connectivity index (χ3v) is 9.11. The molecule has 5 heteroatoms. The highest BCUT2D eigenvalue weighted by Crippen LogP contribution is 2.35. The second-order valence-electron chi connectivity index (χ2n) is 9.39. The van der Waals surface area contributed by atoms with Crippen molar-refractivity contribution in [1.29, 1.82) is 0 Å². The van der Waals surface area contributed by atoms with Crippen LogP contribution in [0.4, 0.5) is 0 Å². The van der Waals surface area contributed by atoms with Crippen LogP contribution in [0.3, 0.4) is 0 Å². The SMILES string of the molecule is C[C@H](NC(=O)c1ccccc1)[C@H](OC(=O)c1ccccc1P(c1ccccc1)c1ccccc1)c1ccccc1. The molecular formula is C35H30NO3P. The lowest BCUT2D eigenvalue weighted by Crippen LogP contribution is -2.39. The van der Waals surface area contributed by atoms with Crippen molar-refractivity contribution in [3.05, 3.63) is 162 Å². The van der Waals surface area contributed by atoms with Crippen LogP contribution in [-0.2, 0) is 4.74 Å². The summed E-state index contributed by atoms with van der Waals surface area (Å²) in [6.07, 6.45) is -0.686. The number of hydrogen-bond acceptors (Lipinski definition) is 3. The van der Waals surface area contributed by atoms with Gasteiger partial charge >= 0.3 is 5.97 Å². The van der Waals surface area contributed by atoms with Crippen molar-refractivity contribution >= 4 is 35.7 Å². The first-order valence-corrected chi connectivity index (χ1v) is 14.6. The van der Waals surface area contributed by atoms with Gasteiger partial charge in [-0.05, 0) is 54.5 Å². The van der Waals surface area contributed by atoms with Crippen LogP contribution in [-0.4, -0.2) is 17.9 Å². The van der Waals surface area contributed by atoms with Crippen molar-refractivity contribution in [2.75, 3.05) is 0 Å². The largest absolute Gasteiger partial charge is 0.452 e. The van der Waals surface area contributed by atoms with Crippen LogP contribution in [0.2, 0.25) is 0 Å². The van der Waals surface area contributed by atoms with Gasteiger partial charge in [-0.15, -0.1) is 0 Å². The molecule has 0 unspecified atom stereocenters. The van der Waals surface area contributed by atoms with E-state index in [0.717, 1.165) is 21.5 Å². The zero-order valence-corrected chi connectivity index (χ0v) is 23.1. The minimum atomic E-state index is -1.01. The van der Waals surface area contributed by atoms with E-state index in [1.165, 1.54) is 0 Å². The fourth-order valence-electron chi connectivity index (χ4n) is 4.66. The Labute approximate surface area is 236 Å². The quantitative estimate of drug-likeness (QED) is 0.179. The van der Waals surface area contributed by atoms with Gasteiger partial charge in [0.15, 0.2) is 0 Å². The average Bonchev–Trinajstić information content (AvgIpc) is 3.02. The number of nitrogens with one attached hydrogen (secondary N) is 1. The number of hydrogen-bond donors (Lipinski definition) is 1. The highest BCUT2D eigenvalue weighted by molar-refractivity contribution is 7.80. The summed E-state index contributed by atoms with van der Waals surface area (Å²) >= 11 is 0. The Morgan fingerprint density at radius 3 is 1.68 bits per heavy atom. The normalized spacial score (nSPS) is 12.3. The van der Waals surface area contributed by atoms with Crippen molar-refractivity contribution in [3.8, 4) is 0 Å². The van der Waals surface area contributed by atoms with Crippen LogP contribution in [0.15, 0.2) is 146 Å². The average molecular weight is 544 g/mol. The van der Waals surface area contributed by atoms with Crippen molar-refractivity contribution in [3.63, 3.8) is 0 Å². The number of benzene rings is 5. The van der Waals surface area contributed by atoms with Crippen LogP contribution < -0.4 is 21.2 Å². The van der Waals surface area contributed by atoms with Crippen molar-refractivity contribution < 1.29 is 14.3 Å². The number of esters is 1. The summed E-state index contributed by atoms with van der Waals surface area (Å²) in [6.45, 7) is 1.86. The molecule has 5 aromatic carbocycles. The summed E-state index contributed by atoms with van der Waals surface area (Å²) in [5, 5.41) is 6.24. The van der Waals surface area contributed by atoms with Crippen LogP contribution in [0.5, 0.6) is 0 Å². The second-order valence-corrected chi connectivity index (χ2v) is 11.6. The molecule has 0 fully saturated rings. The van der Waals surface area contributed by atoms with Gasteiger partial charge in [0, 0.05) is 5.56 Å². The molecule has 0 aliphatic heterocycles. The fraction of sp³-hybridized carbons (Fsp3) is 0.0857. The lowest BCUT2D eigenvalue weighted by molar-refractivity contribution is 0.0209. The Kier molecular flexibility index (Phi) is 8.80. The Morgan fingerprint density at radius 2 is 1.10 bits per heavy atom. The van der Waals surface area contributed by atoms with Gasteiger partial charge in [0.25, 0.3) is 5.91 Å². The molecule has 5 aromatic rings. The second kappa shape index (κ2) is 13.0. The Morgan fingerprint density at radius 1 is 0.625 bits per heavy atom. The molecule has 0 saturated carbocycles. The van der Waals surface area contributed by atoms with Gasteiger partial charge in [-0.1, -0.05) is 127 Å². The monoisotopic (exact) mass is 543 g/mol. The van der Waals surface area contributed by atoms with Gasteiger partial charge in [-0.25, -0.2) is 4.79 Å². The van der Waals surface area contributed by atoms with Gasteiger partial charge in [0.05, 0.1) is 11.6 Å². The first kappa shape index (κ1) is 27.1. The maximum atomic E-state index is 14.0. The molecule has 0 radical (unpaired) electrons. The zero-order chi connectivity index (χ0) is 27.7. The third-order valence-electron chi connectivity index (χ3n) is 6.60.